The molecular weight excluding hydrogens is 1570 g/mol. The summed E-state index contributed by atoms with van der Waals surface area (Å²) >= 11 is 0. The van der Waals surface area contributed by atoms with Crippen LogP contribution in [0.5, 0.6) is 0 Å². The summed E-state index contributed by atoms with van der Waals surface area (Å²) < 4.78 is 28.2. The van der Waals surface area contributed by atoms with Gasteiger partial charge in [-0.05, 0) is 184 Å². The molecule has 5 unspecified atom stereocenters. The van der Waals surface area contributed by atoms with E-state index in [0.29, 0.717) is 131 Å². The van der Waals surface area contributed by atoms with Crippen LogP contribution in [0.3, 0.4) is 0 Å². The van der Waals surface area contributed by atoms with Crippen LogP contribution in [0.1, 0.15) is 295 Å². The van der Waals surface area contributed by atoms with Crippen LogP contribution in [0.25, 0.3) is 0 Å². The number of imide groups is 5. The van der Waals surface area contributed by atoms with Crippen LogP contribution in [0.2, 0.25) is 0 Å². The Morgan fingerprint density at radius 3 is 0.492 bits per heavy atom. The van der Waals surface area contributed by atoms with Crippen LogP contribution in [-0.4, -0.2) is 305 Å². The zero-order valence-corrected chi connectivity index (χ0v) is 83.1. The third kappa shape index (κ3) is 33.6. The Kier molecular flexibility index (Phi) is 41.8. The van der Waals surface area contributed by atoms with Crippen LogP contribution in [0, 0.1) is 83.7 Å². The smallest absolute Gasteiger partial charge is 0.232 e. The number of nitrogens with zero attached hydrogens (tertiary/aromatic N) is 10. The number of hydrogen-bond donors (Lipinski definition) is 0. The molecule has 10 aliphatic rings. The van der Waals surface area contributed by atoms with Crippen molar-refractivity contribution >= 4 is 59.1 Å². The van der Waals surface area contributed by atoms with E-state index >= 15 is 0 Å². The molecule has 10 saturated heterocycles. The van der Waals surface area contributed by atoms with E-state index in [1.165, 1.54) is 82.3 Å². The first-order chi connectivity index (χ1) is 57.6. The lowest BCUT2D eigenvalue weighted by Gasteiger charge is -2.40. The summed E-state index contributed by atoms with van der Waals surface area (Å²) in [6.45, 7) is 78.8. The highest BCUT2D eigenvalue weighted by Crippen LogP contribution is 2.50. The Morgan fingerprint density at radius 1 is 0.202 bits per heavy atom. The highest BCUT2D eigenvalue weighted by atomic mass is 16.5. The average molecular weight is 1750 g/mol. The fraction of sp³-hybridized carbons (Fsp3) is 0.899. The van der Waals surface area contributed by atoms with Crippen molar-refractivity contribution in [3.8, 4) is 0 Å². The predicted molar refractivity (Wildman–Crippen MR) is 491 cm³/mol. The van der Waals surface area contributed by atoms with Gasteiger partial charge in [-0.3, -0.25) is 77.3 Å². The van der Waals surface area contributed by atoms with Gasteiger partial charge in [0, 0.05) is 108 Å². The molecular formula is C99H178N10O15. The minimum absolute atomic E-state index is 0.00745. The van der Waals surface area contributed by atoms with Gasteiger partial charge in [-0.15, -0.1) is 0 Å². The summed E-state index contributed by atoms with van der Waals surface area (Å²) in [5.74, 6) is -1.12. The normalized spacial score (nSPS) is 23.1. The van der Waals surface area contributed by atoms with Crippen LogP contribution >= 0.6 is 0 Å². The fourth-order valence-corrected chi connectivity index (χ4v) is 16.9. The summed E-state index contributed by atoms with van der Waals surface area (Å²) in [5.41, 5.74) is 0.550. The maximum atomic E-state index is 12.7. The maximum absolute atomic E-state index is 12.7. The number of likely N-dealkylation sites (tertiary alicyclic amines) is 9. The van der Waals surface area contributed by atoms with Crippen molar-refractivity contribution in [3.63, 3.8) is 0 Å². The van der Waals surface area contributed by atoms with Crippen molar-refractivity contribution in [2.75, 3.05) is 197 Å². The van der Waals surface area contributed by atoms with Gasteiger partial charge in [0.05, 0.1) is 98.8 Å². The molecule has 0 saturated carbocycles. The van der Waals surface area contributed by atoms with Crippen LogP contribution in [0.4, 0.5) is 0 Å². The molecule has 0 radical (unpaired) electrons. The molecule has 5 atom stereocenters. The lowest BCUT2D eigenvalue weighted by Crippen LogP contribution is -2.40. The number of ether oxygens (including phenoxy) is 5. The largest absolute Gasteiger partial charge is 0.378 e. The van der Waals surface area contributed by atoms with E-state index in [0.717, 1.165) is 130 Å². The summed E-state index contributed by atoms with van der Waals surface area (Å²) in [4.78, 5) is 143. The molecule has 0 aromatic carbocycles. The van der Waals surface area contributed by atoms with Crippen LogP contribution < -0.4 is 0 Å². The summed E-state index contributed by atoms with van der Waals surface area (Å²) in [7, 11) is 0. The highest BCUT2D eigenvalue weighted by Gasteiger charge is 2.50. The van der Waals surface area contributed by atoms with Gasteiger partial charge in [-0.2, -0.15) is 0 Å². The average Bonchev–Trinajstić information content (AvgIpc) is 1.69. The van der Waals surface area contributed by atoms with E-state index in [1.807, 2.05) is 0 Å². The second kappa shape index (κ2) is 47.9. The minimum Gasteiger partial charge on any atom is -0.378 e. The Labute approximate surface area is 751 Å². The molecule has 25 heteroatoms. The summed E-state index contributed by atoms with van der Waals surface area (Å²) in [6, 6.07) is 0. The van der Waals surface area contributed by atoms with E-state index in [4.69, 9.17) is 23.7 Å². The first kappa shape index (κ1) is 108. The first-order valence-electron chi connectivity index (χ1n) is 48.3. The molecule has 124 heavy (non-hydrogen) atoms. The number of rotatable bonds is 40. The molecule has 0 bridgehead atoms. The molecule has 0 aromatic rings. The number of carbonyl (C=O) groups excluding carboxylic acids is 10. The van der Waals surface area contributed by atoms with E-state index in [9.17, 15) is 47.9 Å². The first-order valence-corrected chi connectivity index (χ1v) is 48.3. The number of piperidine rings is 2. The molecule has 10 aliphatic heterocycles. The Morgan fingerprint density at radius 2 is 0.347 bits per heavy atom. The molecule has 10 heterocycles. The third-order valence-corrected chi connectivity index (χ3v) is 31.3. The highest BCUT2D eigenvalue weighted by molar-refractivity contribution is 6.06. The van der Waals surface area contributed by atoms with Gasteiger partial charge in [-0.25, -0.2) is 0 Å². The lowest BCUT2D eigenvalue weighted by molar-refractivity contribution is -0.142. The van der Waals surface area contributed by atoms with Gasteiger partial charge in [0.1, 0.15) is 0 Å². The maximum Gasteiger partial charge on any atom is 0.232 e. The second-order valence-corrected chi connectivity index (χ2v) is 46.1. The van der Waals surface area contributed by atoms with Crippen molar-refractivity contribution in [2.24, 2.45) is 83.7 Å². The minimum atomic E-state index is -0.176. The van der Waals surface area contributed by atoms with Gasteiger partial charge in [0.15, 0.2) is 0 Å². The molecule has 0 aliphatic carbocycles. The molecule has 10 amide bonds. The van der Waals surface area contributed by atoms with E-state index in [1.54, 1.807) is 0 Å². The zero-order valence-electron chi connectivity index (χ0n) is 83.1. The summed E-state index contributed by atoms with van der Waals surface area (Å²) in [5, 5.41) is 0. The van der Waals surface area contributed by atoms with Crippen LogP contribution in [0.15, 0.2) is 0 Å². The Bertz CT molecular complexity index is 3300. The van der Waals surface area contributed by atoms with E-state index < -0.39 is 0 Å². The zero-order chi connectivity index (χ0) is 92.6. The van der Waals surface area contributed by atoms with E-state index in [2.05, 4.69) is 198 Å². The van der Waals surface area contributed by atoms with Gasteiger partial charge >= 0.3 is 0 Å². The molecule has 10 rings (SSSR count). The van der Waals surface area contributed by atoms with Crippen molar-refractivity contribution in [3.05, 3.63) is 0 Å². The van der Waals surface area contributed by atoms with Crippen molar-refractivity contribution < 1.29 is 71.6 Å². The van der Waals surface area contributed by atoms with Gasteiger partial charge in [-0.1, -0.05) is 186 Å². The molecule has 0 spiro atoms. The number of hydrogen-bond acceptors (Lipinski definition) is 20. The third-order valence-electron chi connectivity index (χ3n) is 31.3. The summed E-state index contributed by atoms with van der Waals surface area (Å²) in [6.07, 6.45) is 17.2. The molecule has 0 N–H and O–H groups in total. The van der Waals surface area contributed by atoms with E-state index in [-0.39, 0.29) is 143 Å². The SMILES string of the molecule is CC(C)(C)C(C)(C)CC1CC(=O)N(CCOCCN2CC2)C1=O.CC(C)(C)C(C)(C)CC1CC(=O)N(CCOCCN2CCC2)C1=O.CC(C)(C)C(C)(C)CC1CC(=O)N(CCOCCN2CCCC2)C1=O.CC(C)(C)C(C)(C)CC1CC(=O)N(CCOCCN2CCCCC2)C1=O.CC(C)(C)C(C)(C)CC1CC(=O)N(CCOCCN2CCCCC2)C1=O. The topological polar surface area (TPSA) is 249 Å². The van der Waals surface area contributed by atoms with Crippen molar-refractivity contribution in [1.82, 2.24) is 49.0 Å². The molecule has 10 fully saturated rings. The van der Waals surface area contributed by atoms with Crippen molar-refractivity contribution in [2.45, 2.75) is 295 Å². The number of amides is 10. The molecule has 0 aromatic heterocycles. The van der Waals surface area contributed by atoms with Gasteiger partial charge in [0.2, 0.25) is 59.1 Å². The molecule has 714 valence electrons. The fourth-order valence-electron chi connectivity index (χ4n) is 16.9. The predicted octanol–water partition coefficient (Wildman–Crippen LogP) is 14.3. The van der Waals surface area contributed by atoms with Gasteiger partial charge in [0.25, 0.3) is 0 Å². The van der Waals surface area contributed by atoms with Crippen molar-refractivity contribution in [1.29, 1.82) is 0 Å². The standard InChI is InChI=1S/2C21H38N2O3.C20H36N2O3.C19H34N2O3.C18H32N2O3/c2*1-20(2,3)21(4,5)16-17-15-18(24)23(19(17)25)12-14-26-13-11-22-9-7-6-8-10-22;1-19(2,3)20(4,5)15-16-14-17(23)22(18(16)24)11-13-25-12-10-21-8-6-7-9-21;1-18(2,3)19(4,5)14-15-13-16(22)21(17(15)23)10-12-24-11-9-20-7-6-8-20;1-17(2,3)18(4,5)13-14-12-15(21)20(16(14)22)9-11-23-10-8-19-6-7-19/h2*17H,6-16H2,1-5H3;16H,6-15H2,1-5H3;15H,6-14H2,1-5H3;14H,6-13H2,1-5H3. The van der Waals surface area contributed by atoms with Gasteiger partial charge < -0.3 is 43.3 Å². The lowest BCUT2D eigenvalue weighted by atomic mass is 9.65. The Hall–Kier alpha value is -4.70. The monoisotopic (exact) mass is 1750 g/mol. The second-order valence-electron chi connectivity index (χ2n) is 46.1. The molecule has 25 nitrogen and oxygen atoms in total. The van der Waals surface area contributed by atoms with Crippen LogP contribution in [-0.2, 0) is 71.6 Å². The Balaban J connectivity index is 0.000000240. The number of carbonyl (C=O) groups is 10. The quantitative estimate of drug-likeness (QED) is 0.0314.